The highest BCUT2D eigenvalue weighted by Gasteiger charge is 2.20. The Balaban J connectivity index is 1.32. The van der Waals surface area contributed by atoms with Crippen molar-refractivity contribution in [2.45, 2.75) is 0 Å². The minimum Gasteiger partial charge on any atom is -0.278 e. The van der Waals surface area contributed by atoms with E-state index in [0.29, 0.717) is 17.6 Å². The Labute approximate surface area is 270 Å². The molecule has 2 aromatic heterocycles. The van der Waals surface area contributed by atoms with E-state index in [1.807, 2.05) is 0 Å². The van der Waals surface area contributed by atoms with Gasteiger partial charge in [-0.3, -0.25) is 4.57 Å². The van der Waals surface area contributed by atoms with E-state index in [1.54, 1.807) is 0 Å². The van der Waals surface area contributed by atoms with Crippen LogP contribution in [0, 0.1) is 0 Å². The van der Waals surface area contributed by atoms with Gasteiger partial charge in [-0.25, -0.2) is 4.98 Å². The summed E-state index contributed by atoms with van der Waals surface area (Å²) in [7, 11) is 0. The van der Waals surface area contributed by atoms with Crippen LogP contribution in [0.25, 0.3) is 93.6 Å². The summed E-state index contributed by atoms with van der Waals surface area (Å²) in [6, 6.07) is 55.8. The molecule has 0 atom stereocenters. The van der Waals surface area contributed by atoms with Crippen LogP contribution in [0.1, 0.15) is 0 Å². The minimum absolute atomic E-state index is 0.594. The van der Waals surface area contributed by atoms with Crippen molar-refractivity contribution in [3.63, 3.8) is 0 Å². The molecule has 0 aliphatic rings. The first-order valence-corrected chi connectivity index (χ1v) is 15.9. The van der Waals surface area contributed by atoms with Gasteiger partial charge in [-0.15, -0.1) is 0 Å². The van der Waals surface area contributed by atoms with E-state index in [9.17, 15) is 0 Å². The smallest absolute Gasteiger partial charge is 0.238 e. The molecule has 10 aromatic rings. The van der Waals surface area contributed by atoms with Crippen LogP contribution < -0.4 is 0 Å². The van der Waals surface area contributed by atoms with Crippen LogP contribution in [0.2, 0.25) is 0 Å². The van der Waals surface area contributed by atoms with E-state index in [1.165, 1.54) is 43.1 Å². The van der Waals surface area contributed by atoms with Crippen LogP contribution in [0.5, 0.6) is 0 Å². The zero-order valence-electron chi connectivity index (χ0n) is 25.3. The lowest BCUT2D eigenvalue weighted by molar-refractivity contribution is 0.954. The maximum absolute atomic E-state index is 5.24. The Hall–Kier alpha value is -6.39. The van der Waals surface area contributed by atoms with E-state index in [0.717, 1.165) is 32.9 Å². The molecule has 0 aliphatic carbocycles. The SMILES string of the molecule is c1ccc2cc(-c3nc(-c4ccc5ccccc5c4)nc(-n4c5cc6ccccc6cc5c5c6ccccc6ccc54)n3)ccc2c1. The predicted octanol–water partition coefficient (Wildman–Crippen LogP) is 10.9. The molecule has 0 aliphatic heterocycles. The van der Waals surface area contributed by atoms with Crippen molar-refractivity contribution >= 4 is 64.9 Å². The average molecular weight is 599 g/mol. The number of nitrogens with zero attached hydrogens (tertiary/aromatic N) is 4. The third-order valence-electron chi connectivity index (χ3n) is 9.36. The van der Waals surface area contributed by atoms with Crippen LogP contribution >= 0.6 is 0 Å². The molecule has 10 rings (SSSR count). The lowest BCUT2D eigenvalue weighted by Crippen LogP contribution is -2.06. The molecular weight excluding hydrogens is 573 g/mol. The quantitative estimate of drug-likeness (QED) is 0.203. The lowest BCUT2D eigenvalue weighted by atomic mass is 10.0. The van der Waals surface area contributed by atoms with Gasteiger partial charge in [0.15, 0.2) is 11.6 Å². The molecule has 8 aromatic carbocycles. The summed E-state index contributed by atoms with van der Waals surface area (Å²) in [6.07, 6.45) is 0. The zero-order valence-corrected chi connectivity index (χ0v) is 25.3. The molecular formula is C43H26N4. The lowest BCUT2D eigenvalue weighted by Gasteiger charge is -2.12. The summed E-state index contributed by atoms with van der Waals surface area (Å²) in [4.78, 5) is 15.6. The van der Waals surface area contributed by atoms with Gasteiger partial charge in [0.25, 0.3) is 0 Å². The van der Waals surface area contributed by atoms with Crippen molar-refractivity contribution < 1.29 is 0 Å². The Morgan fingerprint density at radius 2 is 0.830 bits per heavy atom. The number of hydrogen-bond donors (Lipinski definition) is 0. The standard InChI is InChI=1S/C43H26N4/c1-3-12-30-23-34(19-17-27(30)9-1)41-44-42(35-20-18-28-10-2-4-13-31(28)24-35)46-43(45-41)47-38-22-21-29-11-7-8-16-36(29)40(38)37-25-32-14-5-6-15-33(32)26-39(37)47/h1-26H. The van der Waals surface area contributed by atoms with Crippen molar-refractivity contribution in [2.75, 3.05) is 0 Å². The molecule has 4 nitrogen and oxygen atoms in total. The molecule has 2 heterocycles. The van der Waals surface area contributed by atoms with Crippen molar-refractivity contribution in [3.8, 4) is 28.7 Å². The monoisotopic (exact) mass is 598 g/mol. The average Bonchev–Trinajstić information content (AvgIpc) is 3.46. The van der Waals surface area contributed by atoms with Crippen molar-refractivity contribution in [3.05, 3.63) is 158 Å². The van der Waals surface area contributed by atoms with Gasteiger partial charge in [0.1, 0.15) is 0 Å². The summed E-state index contributed by atoms with van der Waals surface area (Å²) in [5, 5.41) is 11.8. The van der Waals surface area contributed by atoms with Gasteiger partial charge in [-0.1, -0.05) is 127 Å². The van der Waals surface area contributed by atoms with Crippen LogP contribution in [-0.2, 0) is 0 Å². The van der Waals surface area contributed by atoms with Gasteiger partial charge in [0.05, 0.1) is 11.0 Å². The summed E-state index contributed by atoms with van der Waals surface area (Å²) in [5.41, 5.74) is 4.03. The van der Waals surface area contributed by atoms with Crippen molar-refractivity contribution in [1.82, 2.24) is 19.5 Å². The van der Waals surface area contributed by atoms with Gasteiger partial charge in [-0.05, 0) is 73.4 Å². The molecule has 0 fully saturated rings. The first kappa shape index (κ1) is 25.9. The van der Waals surface area contributed by atoms with E-state index in [4.69, 9.17) is 15.0 Å². The number of hydrogen-bond acceptors (Lipinski definition) is 3. The van der Waals surface area contributed by atoms with Crippen LogP contribution in [0.15, 0.2) is 158 Å². The van der Waals surface area contributed by atoms with E-state index < -0.39 is 0 Å². The Morgan fingerprint density at radius 3 is 1.45 bits per heavy atom. The number of benzene rings is 8. The summed E-state index contributed by atoms with van der Waals surface area (Å²) in [5.74, 6) is 1.87. The fourth-order valence-electron chi connectivity index (χ4n) is 7.07. The summed E-state index contributed by atoms with van der Waals surface area (Å²) < 4.78 is 2.22. The first-order chi connectivity index (χ1) is 23.3. The van der Waals surface area contributed by atoms with Crippen LogP contribution in [0.4, 0.5) is 0 Å². The van der Waals surface area contributed by atoms with Gasteiger partial charge < -0.3 is 0 Å². The summed E-state index contributed by atoms with van der Waals surface area (Å²) in [6.45, 7) is 0. The highest BCUT2D eigenvalue weighted by atomic mass is 15.2. The second-order valence-electron chi connectivity index (χ2n) is 12.1. The number of fused-ring (bicyclic) bond motifs is 8. The molecule has 0 saturated carbocycles. The van der Waals surface area contributed by atoms with Gasteiger partial charge in [-0.2, -0.15) is 9.97 Å². The molecule has 4 heteroatoms. The normalized spacial score (nSPS) is 11.8. The van der Waals surface area contributed by atoms with Crippen molar-refractivity contribution in [2.24, 2.45) is 0 Å². The minimum atomic E-state index is 0.594. The second kappa shape index (κ2) is 10.1. The Kier molecular flexibility index (Phi) is 5.54. The predicted molar refractivity (Wildman–Crippen MR) is 195 cm³/mol. The zero-order chi connectivity index (χ0) is 30.9. The molecule has 218 valence electrons. The number of rotatable bonds is 3. The van der Waals surface area contributed by atoms with E-state index in [-0.39, 0.29) is 0 Å². The maximum Gasteiger partial charge on any atom is 0.238 e. The van der Waals surface area contributed by atoms with Crippen molar-refractivity contribution in [1.29, 1.82) is 0 Å². The third-order valence-corrected chi connectivity index (χ3v) is 9.36. The Morgan fingerprint density at radius 1 is 0.340 bits per heavy atom. The fraction of sp³-hybridized carbons (Fsp3) is 0. The molecule has 0 amide bonds. The topological polar surface area (TPSA) is 43.6 Å². The Bertz CT molecular complexity index is 2770. The molecule has 0 bridgehead atoms. The maximum atomic E-state index is 5.24. The summed E-state index contributed by atoms with van der Waals surface area (Å²) >= 11 is 0. The molecule has 0 unspecified atom stereocenters. The third kappa shape index (κ3) is 4.12. The fourth-order valence-corrected chi connectivity index (χ4v) is 7.07. The molecule has 47 heavy (non-hydrogen) atoms. The first-order valence-electron chi connectivity index (χ1n) is 15.9. The molecule has 0 spiro atoms. The van der Waals surface area contributed by atoms with Gasteiger partial charge in [0.2, 0.25) is 5.95 Å². The number of aromatic nitrogens is 4. The van der Waals surface area contributed by atoms with E-state index >= 15 is 0 Å². The molecule has 0 saturated heterocycles. The highest BCUT2D eigenvalue weighted by molar-refractivity contribution is 6.23. The van der Waals surface area contributed by atoms with Crippen LogP contribution in [0.3, 0.4) is 0 Å². The van der Waals surface area contributed by atoms with E-state index in [2.05, 4.69) is 162 Å². The van der Waals surface area contributed by atoms with Gasteiger partial charge >= 0.3 is 0 Å². The molecule has 0 N–H and O–H groups in total. The second-order valence-corrected chi connectivity index (χ2v) is 12.1. The largest absolute Gasteiger partial charge is 0.278 e. The molecule has 0 radical (unpaired) electrons. The van der Waals surface area contributed by atoms with Gasteiger partial charge in [0, 0.05) is 21.9 Å². The van der Waals surface area contributed by atoms with Crippen LogP contribution in [-0.4, -0.2) is 19.5 Å². The highest BCUT2D eigenvalue weighted by Crippen LogP contribution is 2.39.